The van der Waals surface area contributed by atoms with E-state index in [1.165, 1.54) is 19.3 Å². The number of rotatable bonds is 4. The number of pyridine rings is 1. The molecule has 5 aliphatic carbocycles. The van der Waals surface area contributed by atoms with Gasteiger partial charge in [0.15, 0.2) is 0 Å². The van der Waals surface area contributed by atoms with E-state index in [0.29, 0.717) is 17.8 Å². The zero-order chi connectivity index (χ0) is 17.6. The van der Waals surface area contributed by atoms with Crippen LogP contribution in [0.15, 0.2) is 24.4 Å². The lowest BCUT2D eigenvalue weighted by atomic mass is 9.49. The Kier molecular flexibility index (Phi) is 4.17. The Morgan fingerprint density at radius 1 is 1.00 bits per heavy atom. The minimum atomic E-state index is -0.0178. The Labute approximate surface area is 156 Å². The topological polar surface area (TPSA) is 51.2 Å². The van der Waals surface area contributed by atoms with E-state index in [-0.39, 0.29) is 11.5 Å². The fourth-order valence-electron chi connectivity index (χ4n) is 6.64. The number of carbonyl (C=O) groups excluding carboxylic acids is 1. The lowest BCUT2D eigenvalue weighted by molar-refractivity contribution is -0.147. The van der Waals surface area contributed by atoms with Gasteiger partial charge in [-0.3, -0.25) is 4.79 Å². The molecular formula is C22H30N2O2. The molecule has 1 N–H and O–H groups in total. The highest BCUT2D eigenvalue weighted by Crippen LogP contribution is 2.60. The monoisotopic (exact) mass is 354 g/mol. The summed E-state index contributed by atoms with van der Waals surface area (Å²) in [5, 5.41) is 3.45. The number of amides is 1. The third kappa shape index (κ3) is 3.12. The van der Waals surface area contributed by atoms with E-state index in [0.717, 1.165) is 62.7 Å². The smallest absolute Gasteiger partial charge is 0.226 e. The summed E-state index contributed by atoms with van der Waals surface area (Å²) in [5.41, 5.74) is -0.0178. The van der Waals surface area contributed by atoms with Crippen LogP contribution in [0.2, 0.25) is 0 Å². The van der Waals surface area contributed by atoms with Crippen LogP contribution in [0.1, 0.15) is 64.2 Å². The van der Waals surface area contributed by atoms with Crippen LogP contribution < -0.4 is 10.1 Å². The van der Waals surface area contributed by atoms with Gasteiger partial charge in [-0.15, -0.1) is 0 Å². The van der Waals surface area contributed by atoms with E-state index in [1.807, 2.05) is 18.2 Å². The van der Waals surface area contributed by atoms with Crippen molar-refractivity contribution < 1.29 is 9.53 Å². The Morgan fingerprint density at radius 3 is 2.23 bits per heavy atom. The van der Waals surface area contributed by atoms with Gasteiger partial charge in [0, 0.05) is 23.7 Å². The normalized spacial score (nSPS) is 41.0. The van der Waals surface area contributed by atoms with Crippen LogP contribution in [-0.2, 0) is 4.79 Å². The third-order valence-corrected chi connectivity index (χ3v) is 7.45. The molecule has 5 aliphatic rings. The van der Waals surface area contributed by atoms with E-state index < -0.39 is 0 Å². The number of hydrogen-bond donors (Lipinski definition) is 1. The first kappa shape index (κ1) is 16.6. The Morgan fingerprint density at radius 2 is 1.65 bits per heavy atom. The molecule has 5 saturated carbocycles. The molecule has 0 saturated heterocycles. The molecule has 1 heterocycles. The first-order valence-electron chi connectivity index (χ1n) is 10.6. The second-order valence-electron chi connectivity index (χ2n) is 9.43. The van der Waals surface area contributed by atoms with Gasteiger partial charge in [0.2, 0.25) is 11.8 Å². The summed E-state index contributed by atoms with van der Waals surface area (Å²) in [6.07, 6.45) is 13.7. The average molecular weight is 354 g/mol. The van der Waals surface area contributed by atoms with Crippen LogP contribution in [0, 0.1) is 23.2 Å². The number of nitrogens with zero attached hydrogens (tertiary/aromatic N) is 1. The van der Waals surface area contributed by atoms with Gasteiger partial charge < -0.3 is 10.1 Å². The van der Waals surface area contributed by atoms with Gasteiger partial charge >= 0.3 is 0 Å². The zero-order valence-corrected chi connectivity index (χ0v) is 15.5. The molecule has 0 aliphatic heterocycles. The maximum Gasteiger partial charge on any atom is 0.226 e. The molecule has 0 atom stereocenters. The largest absolute Gasteiger partial charge is 0.474 e. The van der Waals surface area contributed by atoms with Crippen molar-refractivity contribution in [3.05, 3.63) is 24.4 Å². The second-order valence-corrected chi connectivity index (χ2v) is 9.43. The minimum absolute atomic E-state index is 0.0178. The molecule has 1 aromatic rings. The minimum Gasteiger partial charge on any atom is -0.474 e. The Bertz CT molecular complexity index is 616. The number of nitrogens with one attached hydrogen (secondary N) is 1. The van der Waals surface area contributed by atoms with Crippen molar-refractivity contribution >= 4 is 5.91 Å². The molecule has 0 radical (unpaired) electrons. The van der Waals surface area contributed by atoms with Crippen molar-refractivity contribution in [1.29, 1.82) is 0 Å². The molecule has 6 rings (SSSR count). The van der Waals surface area contributed by atoms with Crippen LogP contribution in [0.4, 0.5) is 0 Å². The molecule has 4 bridgehead atoms. The number of hydrogen-bond acceptors (Lipinski definition) is 3. The fraction of sp³-hybridized carbons (Fsp3) is 0.727. The Hall–Kier alpha value is -1.58. The fourth-order valence-corrected chi connectivity index (χ4v) is 6.64. The summed E-state index contributed by atoms with van der Waals surface area (Å²) in [7, 11) is 0. The first-order valence-corrected chi connectivity index (χ1v) is 10.6. The van der Waals surface area contributed by atoms with Gasteiger partial charge in [-0.2, -0.15) is 0 Å². The lowest BCUT2D eigenvalue weighted by Crippen LogP contribution is -2.55. The van der Waals surface area contributed by atoms with Gasteiger partial charge in [0.05, 0.1) is 0 Å². The molecule has 26 heavy (non-hydrogen) atoms. The molecule has 1 amide bonds. The van der Waals surface area contributed by atoms with Crippen LogP contribution in [0.5, 0.6) is 5.88 Å². The van der Waals surface area contributed by atoms with Gasteiger partial charge in [-0.25, -0.2) is 4.98 Å². The van der Waals surface area contributed by atoms with E-state index in [9.17, 15) is 4.79 Å². The number of ether oxygens (including phenoxy) is 1. The van der Waals surface area contributed by atoms with Crippen LogP contribution in [0.3, 0.4) is 0 Å². The molecule has 1 aromatic heterocycles. The Balaban J connectivity index is 1.15. The van der Waals surface area contributed by atoms with E-state index in [4.69, 9.17) is 4.74 Å². The zero-order valence-electron chi connectivity index (χ0n) is 15.5. The van der Waals surface area contributed by atoms with Crippen molar-refractivity contribution in [2.45, 2.75) is 76.4 Å². The standard InChI is InChI=1S/C22H30N2O2/c25-21(22-12-15-9-16(13-22)11-17(10-15)14-22)24-18-4-6-19(7-5-18)26-20-3-1-2-8-23-20/h1-3,8,15-19H,4-7,9-14H2,(H,24,25). The molecule has 0 spiro atoms. The summed E-state index contributed by atoms with van der Waals surface area (Å²) >= 11 is 0. The van der Waals surface area contributed by atoms with Crippen molar-refractivity contribution in [1.82, 2.24) is 10.3 Å². The van der Waals surface area contributed by atoms with E-state index >= 15 is 0 Å². The van der Waals surface area contributed by atoms with Crippen molar-refractivity contribution in [2.75, 3.05) is 0 Å². The van der Waals surface area contributed by atoms with E-state index in [1.54, 1.807) is 6.20 Å². The highest BCUT2D eigenvalue weighted by Gasteiger charge is 2.54. The van der Waals surface area contributed by atoms with Crippen LogP contribution in [0.25, 0.3) is 0 Å². The second kappa shape index (κ2) is 6.54. The highest BCUT2D eigenvalue weighted by molar-refractivity contribution is 5.83. The van der Waals surface area contributed by atoms with Gasteiger partial charge in [0.25, 0.3) is 0 Å². The first-order chi connectivity index (χ1) is 12.7. The van der Waals surface area contributed by atoms with Gasteiger partial charge in [-0.1, -0.05) is 6.07 Å². The van der Waals surface area contributed by atoms with Gasteiger partial charge in [-0.05, 0) is 88.0 Å². The number of carbonyl (C=O) groups is 1. The predicted molar refractivity (Wildman–Crippen MR) is 99.7 cm³/mol. The van der Waals surface area contributed by atoms with Crippen molar-refractivity contribution in [3.63, 3.8) is 0 Å². The van der Waals surface area contributed by atoms with Crippen LogP contribution in [-0.4, -0.2) is 23.0 Å². The molecule has 140 valence electrons. The quantitative estimate of drug-likeness (QED) is 0.885. The summed E-state index contributed by atoms with van der Waals surface area (Å²) < 4.78 is 5.99. The summed E-state index contributed by atoms with van der Waals surface area (Å²) in [6.45, 7) is 0. The highest BCUT2D eigenvalue weighted by atomic mass is 16.5. The molecule has 4 heteroatoms. The lowest BCUT2D eigenvalue weighted by Gasteiger charge is -2.56. The van der Waals surface area contributed by atoms with Crippen LogP contribution >= 0.6 is 0 Å². The molecule has 5 fully saturated rings. The average Bonchev–Trinajstić information content (AvgIpc) is 2.63. The summed E-state index contributed by atoms with van der Waals surface area (Å²) in [4.78, 5) is 17.4. The SMILES string of the molecule is O=C(NC1CCC(Oc2ccccn2)CC1)C12CC3CC(CC(C3)C1)C2. The van der Waals surface area contributed by atoms with E-state index in [2.05, 4.69) is 10.3 Å². The molecule has 0 unspecified atom stereocenters. The molecular weight excluding hydrogens is 324 g/mol. The molecule has 0 aromatic carbocycles. The summed E-state index contributed by atoms with van der Waals surface area (Å²) in [5.74, 6) is 3.58. The molecule has 4 nitrogen and oxygen atoms in total. The van der Waals surface area contributed by atoms with Gasteiger partial charge in [0.1, 0.15) is 6.10 Å². The third-order valence-electron chi connectivity index (χ3n) is 7.45. The van der Waals surface area contributed by atoms with Crippen molar-refractivity contribution in [2.24, 2.45) is 23.2 Å². The maximum atomic E-state index is 13.2. The maximum absolute atomic E-state index is 13.2. The summed E-state index contributed by atoms with van der Waals surface area (Å²) in [6, 6.07) is 6.11. The number of aromatic nitrogens is 1. The predicted octanol–water partition coefficient (Wildman–Crippen LogP) is 4.10. The van der Waals surface area contributed by atoms with Crippen molar-refractivity contribution in [3.8, 4) is 5.88 Å².